The highest BCUT2D eigenvalue weighted by atomic mass is 32.1. The number of rotatable bonds is 14. The summed E-state index contributed by atoms with van der Waals surface area (Å²) in [5, 5.41) is 23.3. The molecule has 8 nitrogen and oxygen atoms in total. The monoisotopic (exact) mass is 582 g/mol. The zero-order valence-corrected chi connectivity index (χ0v) is 24.3. The zero-order valence-electron chi connectivity index (χ0n) is 22.7. The van der Waals surface area contributed by atoms with Crippen LogP contribution in [0.5, 0.6) is 11.5 Å². The maximum Gasteiger partial charge on any atom is 0.303 e. The predicted octanol–water partition coefficient (Wildman–Crippen LogP) is 7.23. The first-order valence-electron chi connectivity index (χ1n) is 13.0. The van der Waals surface area contributed by atoms with Crippen molar-refractivity contribution in [3.05, 3.63) is 69.3 Å². The number of aromatic nitrogens is 2. The van der Waals surface area contributed by atoms with Crippen LogP contribution in [0, 0.1) is 0 Å². The molecule has 0 amide bonds. The average molecular weight is 583 g/mol. The van der Waals surface area contributed by atoms with Crippen molar-refractivity contribution >= 4 is 34.6 Å². The summed E-state index contributed by atoms with van der Waals surface area (Å²) in [5.41, 5.74) is 3.81. The van der Waals surface area contributed by atoms with Gasteiger partial charge in [0.1, 0.15) is 11.5 Å². The van der Waals surface area contributed by atoms with Gasteiger partial charge >= 0.3 is 11.9 Å². The molecule has 0 saturated carbocycles. The van der Waals surface area contributed by atoms with E-state index in [0.29, 0.717) is 12.8 Å². The normalized spacial score (nSPS) is 10.4. The fourth-order valence-corrected chi connectivity index (χ4v) is 5.60. The van der Waals surface area contributed by atoms with Gasteiger partial charge in [-0.3, -0.25) is 9.59 Å². The van der Waals surface area contributed by atoms with E-state index in [1.165, 1.54) is 0 Å². The van der Waals surface area contributed by atoms with Crippen LogP contribution in [-0.4, -0.2) is 46.3 Å². The lowest BCUT2D eigenvalue weighted by molar-refractivity contribution is -0.138. The number of para-hydroxylation sites is 2. The summed E-state index contributed by atoms with van der Waals surface area (Å²) in [4.78, 5) is 30.1. The van der Waals surface area contributed by atoms with E-state index in [1.807, 2.05) is 59.3 Å². The fourth-order valence-electron chi connectivity index (χ4n) is 3.92. The molecule has 0 fully saturated rings. The molecule has 0 atom stereocenters. The Morgan fingerprint density at radius 3 is 1.45 bits per heavy atom. The van der Waals surface area contributed by atoms with Gasteiger partial charge in [0, 0.05) is 34.7 Å². The molecule has 2 aromatic heterocycles. The third kappa shape index (κ3) is 9.77. The lowest BCUT2D eigenvalue weighted by Crippen LogP contribution is -1.94. The largest absolute Gasteiger partial charge is 0.496 e. The van der Waals surface area contributed by atoms with Crippen molar-refractivity contribution in [2.45, 2.75) is 51.4 Å². The number of thiazole rings is 2. The summed E-state index contributed by atoms with van der Waals surface area (Å²) in [7, 11) is 3.30. The van der Waals surface area contributed by atoms with E-state index < -0.39 is 11.9 Å². The Hall–Kier alpha value is -3.76. The van der Waals surface area contributed by atoms with Gasteiger partial charge in [-0.05, 0) is 62.8 Å². The molecule has 2 N–H and O–H groups in total. The molecule has 0 unspecified atom stereocenters. The van der Waals surface area contributed by atoms with Crippen LogP contribution in [0.2, 0.25) is 0 Å². The Morgan fingerprint density at radius 1 is 0.675 bits per heavy atom. The Bertz CT molecular complexity index is 1260. The molecule has 0 aliphatic heterocycles. The number of ether oxygens (including phenoxy) is 2. The van der Waals surface area contributed by atoms with Crippen molar-refractivity contribution in [3.8, 4) is 34.0 Å². The molecular formula is C30H34N2O6S2. The van der Waals surface area contributed by atoms with Gasteiger partial charge in [0.2, 0.25) is 0 Å². The smallest absolute Gasteiger partial charge is 0.303 e. The van der Waals surface area contributed by atoms with E-state index in [2.05, 4.69) is 9.97 Å². The Balaban J connectivity index is 0.000000220. The molecule has 212 valence electrons. The molecular weight excluding hydrogens is 548 g/mol. The minimum Gasteiger partial charge on any atom is -0.496 e. The maximum absolute atomic E-state index is 10.4. The summed E-state index contributed by atoms with van der Waals surface area (Å²) >= 11 is 3.22. The lowest BCUT2D eigenvalue weighted by atomic mass is 10.1. The van der Waals surface area contributed by atoms with Gasteiger partial charge in [-0.1, -0.05) is 24.3 Å². The van der Waals surface area contributed by atoms with Gasteiger partial charge in [0.25, 0.3) is 0 Å². The molecule has 0 aliphatic carbocycles. The molecule has 2 heterocycles. The van der Waals surface area contributed by atoms with Crippen LogP contribution >= 0.6 is 22.7 Å². The first-order chi connectivity index (χ1) is 19.4. The maximum atomic E-state index is 10.4. The Kier molecular flexibility index (Phi) is 12.6. The van der Waals surface area contributed by atoms with Crippen molar-refractivity contribution < 1.29 is 29.3 Å². The first-order valence-corrected chi connectivity index (χ1v) is 14.8. The van der Waals surface area contributed by atoms with Crippen LogP contribution in [-0.2, 0) is 22.4 Å². The van der Waals surface area contributed by atoms with Crippen LogP contribution in [0.4, 0.5) is 0 Å². The second-order valence-electron chi connectivity index (χ2n) is 8.86. The molecule has 10 heteroatoms. The van der Waals surface area contributed by atoms with Crippen molar-refractivity contribution in [1.29, 1.82) is 0 Å². The average Bonchev–Trinajstić information content (AvgIpc) is 3.63. The van der Waals surface area contributed by atoms with Crippen LogP contribution in [0.1, 0.15) is 48.5 Å². The number of carbonyl (C=O) groups is 2. The predicted molar refractivity (Wildman–Crippen MR) is 159 cm³/mol. The summed E-state index contributed by atoms with van der Waals surface area (Å²) in [6.45, 7) is 0. The third-order valence-electron chi connectivity index (χ3n) is 5.93. The molecule has 0 aliphatic rings. The van der Waals surface area contributed by atoms with Crippen molar-refractivity contribution in [2.75, 3.05) is 14.2 Å². The number of hydrogen-bond donors (Lipinski definition) is 2. The van der Waals surface area contributed by atoms with Crippen LogP contribution < -0.4 is 9.47 Å². The number of aliphatic carboxylic acids is 2. The minimum absolute atomic E-state index is 0.227. The quantitative estimate of drug-likeness (QED) is 0.149. The fraction of sp³-hybridized carbons (Fsp3) is 0.333. The standard InChI is InChI=1S/2C15H17NO3S/c2*1-19-13-7-3-2-6-11(13)12-10-20-14(16-12)8-4-5-9-15(17)18/h2*2-3,6-7,10H,4-5,8-9H2,1H3,(H,17,18). The summed E-state index contributed by atoms with van der Waals surface area (Å²) in [6.07, 6.45) is 5.20. The molecule has 0 spiro atoms. The van der Waals surface area contributed by atoms with Gasteiger partial charge in [-0.25, -0.2) is 9.97 Å². The van der Waals surface area contributed by atoms with E-state index >= 15 is 0 Å². The third-order valence-corrected chi connectivity index (χ3v) is 7.75. The number of benzene rings is 2. The lowest BCUT2D eigenvalue weighted by Gasteiger charge is -2.04. The van der Waals surface area contributed by atoms with Crippen molar-refractivity contribution in [1.82, 2.24) is 9.97 Å². The SMILES string of the molecule is COc1ccccc1-c1csc(CCCCC(=O)O)n1.COc1ccccc1-c1csc(CCCCC(=O)O)n1. The second kappa shape index (κ2) is 16.4. The van der Waals surface area contributed by atoms with Gasteiger partial charge < -0.3 is 19.7 Å². The Morgan fingerprint density at radius 2 is 1.07 bits per heavy atom. The number of carboxylic acid groups (broad SMARTS) is 2. The number of nitrogens with zero attached hydrogens (tertiary/aromatic N) is 2. The molecule has 0 radical (unpaired) electrons. The van der Waals surface area contributed by atoms with Gasteiger partial charge in [0.05, 0.1) is 35.6 Å². The highest BCUT2D eigenvalue weighted by molar-refractivity contribution is 7.10. The van der Waals surface area contributed by atoms with Crippen molar-refractivity contribution in [2.24, 2.45) is 0 Å². The number of hydrogen-bond acceptors (Lipinski definition) is 8. The zero-order chi connectivity index (χ0) is 28.7. The molecule has 2 aromatic carbocycles. The van der Waals surface area contributed by atoms with E-state index in [1.54, 1.807) is 36.9 Å². The first kappa shape index (κ1) is 30.8. The molecule has 0 bridgehead atoms. The molecule has 4 aromatic rings. The minimum atomic E-state index is -0.737. The van der Waals surface area contributed by atoms with E-state index in [-0.39, 0.29) is 12.8 Å². The van der Waals surface area contributed by atoms with Gasteiger partial charge in [-0.2, -0.15) is 0 Å². The summed E-state index contributed by atoms with van der Waals surface area (Å²) in [5.74, 6) is 0.156. The van der Waals surface area contributed by atoms with Crippen LogP contribution in [0.25, 0.3) is 22.5 Å². The molecule has 0 saturated heterocycles. The molecule has 40 heavy (non-hydrogen) atoms. The van der Waals surface area contributed by atoms with Crippen LogP contribution in [0.3, 0.4) is 0 Å². The second-order valence-corrected chi connectivity index (χ2v) is 10.7. The Labute approximate surface area is 242 Å². The van der Waals surface area contributed by atoms with Crippen molar-refractivity contribution in [3.63, 3.8) is 0 Å². The van der Waals surface area contributed by atoms with Crippen LogP contribution in [0.15, 0.2) is 59.3 Å². The number of methoxy groups -OCH3 is 2. The van der Waals surface area contributed by atoms with E-state index in [4.69, 9.17) is 19.7 Å². The topological polar surface area (TPSA) is 119 Å². The highest BCUT2D eigenvalue weighted by Gasteiger charge is 2.10. The number of unbranched alkanes of at least 4 members (excludes halogenated alkanes) is 2. The van der Waals surface area contributed by atoms with E-state index in [0.717, 1.165) is 69.7 Å². The number of carboxylic acids is 2. The number of aryl methyl sites for hydroxylation is 2. The highest BCUT2D eigenvalue weighted by Crippen LogP contribution is 2.32. The molecule has 4 rings (SSSR count). The van der Waals surface area contributed by atoms with Gasteiger partial charge in [-0.15, -0.1) is 22.7 Å². The summed E-state index contributed by atoms with van der Waals surface area (Å²) < 4.78 is 10.7. The summed E-state index contributed by atoms with van der Waals surface area (Å²) in [6, 6.07) is 15.6. The van der Waals surface area contributed by atoms with Gasteiger partial charge in [0.15, 0.2) is 0 Å². The van der Waals surface area contributed by atoms with E-state index in [9.17, 15) is 9.59 Å².